The smallest absolute Gasteiger partial charge is 0.254 e. The van der Waals surface area contributed by atoms with Crippen molar-refractivity contribution in [2.75, 3.05) is 12.8 Å². The van der Waals surface area contributed by atoms with Gasteiger partial charge in [0.25, 0.3) is 5.91 Å². The molecule has 4 nitrogen and oxygen atoms in total. The van der Waals surface area contributed by atoms with E-state index in [9.17, 15) is 13.2 Å². The summed E-state index contributed by atoms with van der Waals surface area (Å²) in [5, 5.41) is 0. The highest BCUT2D eigenvalue weighted by atomic mass is 32.2. The lowest BCUT2D eigenvalue weighted by atomic mass is 9.87. The molecule has 1 aliphatic rings. The Balaban J connectivity index is 1.89. The van der Waals surface area contributed by atoms with Crippen molar-refractivity contribution >= 4 is 15.7 Å². The first kappa shape index (κ1) is 18.6. The highest BCUT2D eigenvalue weighted by molar-refractivity contribution is 7.90. The molecule has 1 saturated heterocycles. The maximum Gasteiger partial charge on any atom is 0.254 e. The van der Waals surface area contributed by atoms with Gasteiger partial charge in [-0.1, -0.05) is 43.3 Å². The fraction of sp³-hybridized carbons (Fsp3) is 0.381. The summed E-state index contributed by atoms with van der Waals surface area (Å²) in [7, 11) is -3.33. The molecule has 0 spiro atoms. The van der Waals surface area contributed by atoms with E-state index in [1.807, 2.05) is 23.1 Å². The summed E-state index contributed by atoms with van der Waals surface area (Å²) in [6, 6.07) is 16.9. The van der Waals surface area contributed by atoms with E-state index in [-0.39, 0.29) is 16.8 Å². The second-order valence-corrected chi connectivity index (χ2v) is 8.95. The average Bonchev–Trinajstić information content (AvgIpc) is 3.11. The molecule has 0 unspecified atom stereocenters. The number of carbonyl (C=O) groups excluding carboxylic acids is 1. The fourth-order valence-electron chi connectivity index (χ4n) is 3.92. The van der Waals surface area contributed by atoms with Crippen LogP contribution in [-0.4, -0.2) is 38.1 Å². The Kier molecular flexibility index (Phi) is 5.47. The largest absolute Gasteiger partial charge is 0.335 e. The van der Waals surface area contributed by atoms with Gasteiger partial charge in [-0.25, -0.2) is 8.42 Å². The molecule has 138 valence electrons. The third-order valence-electron chi connectivity index (χ3n) is 5.20. The van der Waals surface area contributed by atoms with Crippen LogP contribution in [0, 0.1) is 0 Å². The topological polar surface area (TPSA) is 54.5 Å². The van der Waals surface area contributed by atoms with E-state index in [1.165, 1.54) is 17.7 Å². The van der Waals surface area contributed by atoms with Gasteiger partial charge in [0, 0.05) is 30.3 Å². The van der Waals surface area contributed by atoms with E-state index >= 15 is 0 Å². The Bertz CT molecular complexity index is 877. The molecule has 0 N–H and O–H groups in total. The van der Waals surface area contributed by atoms with Crippen molar-refractivity contribution in [3.63, 3.8) is 0 Å². The van der Waals surface area contributed by atoms with Gasteiger partial charge >= 0.3 is 0 Å². The Hall–Kier alpha value is -2.14. The zero-order chi connectivity index (χ0) is 18.7. The lowest BCUT2D eigenvalue weighted by Gasteiger charge is -2.32. The minimum absolute atomic E-state index is 0.0765. The van der Waals surface area contributed by atoms with E-state index in [4.69, 9.17) is 0 Å². The molecule has 1 aliphatic heterocycles. The summed E-state index contributed by atoms with van der Waals surface area (Å²) in [4.78, 5) is 15.2. The average molecular weight is 372 g/mol. The van der Waals surface area contributed by atoms with Gasteiger partial charge in [-0.2, -0.15) is 0 Å². The maximum absolute atomic E-state index is 13.1. The summed E-state index contributed by atoms with van der Waals surface area (Å²) in [5.41, 5.74) is 1.70. The molecule has 2 aromatic rings. The number of rotatable bonds is 5. The monoisotopic (exact) mass is 371 g/mol. The number of carbonyl (C=O) groups is 1. The second-order valence-electron chi connectivity index (χ2n) is 6.93. The van der Waals surface area contributed by atoms with E-state index < -0.39 is 9.84 Å². The lowest BCUT2D eigenvalue weighted by molar-refractivity contribution is 0.0714. The molecule has 0 aliphatic carbocycles. The van der Waals surface area contributed by atoms with Crippen molar-refractivity contribution in [2.45, 2.75) is 43.0 Å². The fourth-order valence-corrected chi connectivity index (χ4v) is 4.59. The van der Waals surface area contributed by atoms with Gasteiger partial charge in [0.15, 0.2) is 9.84 Å². The van der Waals surface area contributed by atoms with E-state index in [2.05, 4.69) is 19.1 Å². The highest BCUT2D eigenvalue weighted by Crippen LogP contribution is 2.34. The zero-order valence-corrected chi connectivity index (χ0v) is 16.1. The molecule has 0 radical (unpaired) electrons. The molecule has 2 aromatic carbocycles. The molecule has 1 amide bonds. The minimum Gasteiger partial charge on any atom is -0.335 e. The first-order valence-electron chi connectivity index (χ1n) is 9.08. The summed E-state index contributed by atoms with van der Waals surface area (Å²) in [6.45, 7) is 2.87. The molecule has 0 bridgehead atoms. The quantitative estimate of drug-likeness (QED) is 0.801. The van der Waals surface area contributed by atoms with Crippen LogP contribution in [0.3, 0.4) is 0 Å². The van der Waals surface area contributed by atoms with Crippen LogP contribution < -0.4 is 0 Å². The van der Waals surface area contributed by atoms with Gasteiger partial charge in [-0.05, 0) is 43.0 Å². The van der Waals surface area contributed by atoms with Crippen molar-refractivity contribution < 1.29 is 13.2 Å². The van der Waals surface area contributed by atoms with Crippen LogP contribution in [0.4, 0.5) is 0 Å². The third kappa shape index (κ3) is 3.83. The molecule has 1 fully saturated rings. The van der Waals surface area contributed by atoms with Crippen LogP contribution in [0.15, 0.2) is 59.5 Å². The Morgan fingerprint density at radius 3 is 2.54 bits per heavy atom. The van der Waals surface area contributed by atoms with Crippen molar-refractivity contribution in [3.05, 3.63) is 65.7 Å². The second kappa shape index (κ2) is 7.62. The molecule has 1 heterocycles. The van der Waals surface area contributed by atoms with Gasteiger partial charge in [-0.3, -0.25) is 4.79 Å². The predicted octanol–water partition coefficient (Wildman–Crippen LogP) is 3.89. The van der Waals surface area contributed by atoms with Crippen LogP contribution in [0.25, 0.3) is 0 Å². The normalized spacial score (nSPS) is 18.7. The van der Waals surface area contributed by atoms with Crippen LogP contribution in [0.1, 0.15) is 48.0 Å². The molecule has 0 aromatic heterocycles. The molecule has 0 saturated carbocycles. The number of sulfone groups is 1. The number of benzene rings is 2. The van der Waals surface area contributed by atoms with Crippen molar-refractivity contribution in [3.8, 4) is 0 Å². The number of hydrogen-bond donors (Lipinski definition) is 0. The van der Waals surface area contributed by atoms with Crippen molar-refractivity contribution in [2.24, 2.45) is 0 Å². The molecule has 3 rings (SSSR count). The third-order valence-corrected chi connectivity index (χ3v) is 6.31. The van der Waals surface area contributed by atoms with Gasteiger partial charge < -0.3 is 4.90 Å². The zero-order valence-electron chi connectivity index (χ0n) is 15.3. The lowest BCUT2D eigenvalue weighted by Crippen LogP contribution is -2.39. The van der Waals surface area contributed by atoms with Gasteiger partial charge in [-0.15, -0.1) is 0 Å². The van der Waals surface area contributed by atoms with Crippen LogP contribution in [-0.2, 0) is 9.84 Å². The van der Waals surface area contributed by atoms with Gasteiger partial charge in [0.1, 0.15) is 0 Å². The number of likely N-dealkylation sites (tertiary alicyclic amines) is 1. The van der Waals surface area contributed by atoms with Crippen LogP contribution in [0.5, 0.6) is 0 Å². The summed E-state index contributed by atoms with van der Waals surface area (Å²) >= 11 is 0. The SMILES string of the molecule is CC[C@H](c1ccccc1)[C@@H]1CCCN1C(=O)c1cccc(S(C)(=O)=O)c1. The van der Waals surface area contributed by atoms with Gasteiger partial charge in [0.05, 0.1) is 4.90 Å². The first-order valence-corrected chi connectivity index (χ1v) is 11.0. The van der Waals surface area contributed by atoms with Crippen molar-refractivity contribution in [1.29, 1.82) is 0 Å². The number of amides is 1. The number of hydrogen-bond acceptors (Lipinski definition) is 3. The summed E-state index contributed by atoms with van der Waals surface area (Å²) in [5.74, 6) is 0.216. The molecule has 5 heteroatoms. The van der Waals surface area contributed by atoms with E-state index in [1.54, 1.807) is 12.1 Å². The molecular formula is C21H25NO3S. The summed E-state index contributed by atoms with van der Waals surface area (Å²) in [6.07, 6.45) is 4.08. The van der Waals surface area contributed by atoms with Gasteiger partial charge in [0.2, 0.25) is 0 Å². The minimum atomic E-state index is -3.33. The van der Waals surface area contributed by atoms with Crippen molar-refractivity contribution in [1.82, 2.24) is 4.90 Å². The maximum atomic E-state index is 13.1. The molecule has 2 atom stereocenters. The Morgan fingerprint density at radius 1 is 1.15 bits per heavy atom. The first-order chi connectivity index (χ1) is 12.4. The van der Waals surface area contributed by atoms with Crippen LogP contribution >= 0.6 is 0 Å². The highest BCUT2D eigenvalue weighted by Gasteiger charge is 2.35. The Labute approximate surface area is 155 Å². The molecular weight excluding hydrogens is 346 g/mol. The van der Waals surface area contributed by atoms with E-state index in [0.717, 1.165) is 32.1 Å². The predicted molar refractivity (Wildman–Crippen MR) is 103 cm³/mol. The van der Waals surface area contributed by atoms with E-state index in [0.29, 0.717) is 11.5 Å². The Morgan fingerprint density at radius 2 is 1.88 bits per heavy atom. The summed E-state index contributed by atoms with van der Waals surface area (Å²) < 4.78 is 23.6. The standard InChI is InChI=1S/C21H25NO3S/c1-3-19(16-9-5-4-6-10-16)20-13-8-14-22(20)21(23)17-11-7-12-18(15-17)26(2,24)25/h4-7,9-12,15,19-20H,3,8,13-14H2,1-2H3/t19-,20+/m1/s1. The number of nitrogens with zero attached hydrogens (tertiary/aromatic N) is 1. The molecule has 26 heavy (non-hydrogen) atoms. The van der Waals surface area contributed by atoms with Crippen LogP contribution in [0.2, 0.25) is 0 Å².